The second-order valence-corrected chi connectivity index (χ2v) is 8.34. The summed E-state index contributed by atoms with van der Waals surface area (Å²) >= 11 is 0. The molecule has 0 saturated carbocycles. The predicted molar refractivity (Wildman–Crippen MR) is 112 cm³/mol. The van der Waals surface area contributed by atoms with Gasteiger partial charge in [0, 0.05) is 5.69 Å². The van der Waals surface area contributed by atoms with Gasteiger partial charge >= 0.3 is 0 Å². The highest BCUT2D eigenvalue weighted by atomic mass is 32.2. The zero-order valence-corrected chi connectivity index (χ0v) is 16.7. The number of rotatable bonds is 6. The van der Waals surface area contributed by atoms with Gasteiger partial charge in [0.1, 0.15) is 11.8 Å². The van der Waals surface area contributed by atoms with Crippen molar-refractivity contribution in [3.8, 4) is 5.75 Å². The minimum absolute atomic E-state index is 0.393. The Labute approximate surface area is 164 Å². The van der Waals surface area contributed by atoms with Gasteiger partial charge in [0.05, 0.1) is 19.1 Å². The van der Waals surface area contributed by atoms with Crippen LogP contribution in [0.15, 0.2) is 66.7 Å². The van der Waals surface area contributed by atoms with E-state index in [1.54, 1.807) is 37.3 Å². The van der Waals surface area contributed by atoms with E-state index >= 15 is 0 Å². The number of fused-ring (bicyclic) bond motifs is 1. The van der Waals surface area contributed by atoms with Gasteiger partial charge in [-0.3, -0.25) is 9.10 Å². The number of hydrogen-bond acceptors (Lipinski definition) is 4. The highest BCUT2D eigenvalue weighted by Gasteiger charge is 2.29. The predicted octanol–water partition coefficient (Wildman–Crippen LogP) is 3.64. The number of ether oxygens (including phenoxy) is 1. The zero-order valence-electron chi connectivity index (χ0n) is 15.9. The van der Waals surface area contributed by atoms with Gasteiger partial charge < -0.3 is 10.1 Å². The van der Waals surface area contributed by atoms with Gasteiger partial charge in [-0.15, -0.1) is 0 Å². The van der Waals surface area contributed by atoms with Crippen molar-refractivity contribution in [1.82, 2.24) is 0 Å². The van der Waals surface area contributed by atoms with Crippen LogP contribution in [-0.2, 0) is 14.8 Å². The Bertz CT molecular complexity index is 1090. The molecule has 1 N–H and O–H groups in total. The lowest BCUT2D eigenvalue weighted by Gasteiger charge is -2.28. The van der Waals surface area contributed by atoms with Gasteiger partial charge in [-0.25, -0.2) is 8.42 Å². The molecule has 1 atom stereocenters. The molecule has 0 saturated heterocycles. The summed E-state index contributed by atoms with van der Waals surface area (Å²) in [5.41, 5.74) is 1.00. The lowest BCUT2D eigenvalue weighted by atomic mass is 10.1. The zero-order chi connectivity index (χ0) is 20.3. The number of methoxy groups -OCH3 is 1. The van der Waals surface area contributed by atoms with Gasteiger partial charge in [-0.1, -0.05) is 30.3 Å². The Kier molecular flexibility index (Phi) is 5.56. The lowest BCUT2D eigenvalue weighted by Crippen LogP contribution is -2.45. The van der Waals surface area contributed by atoms with Crippen LogP contribution >= 0.6 is 0 Å². The summed E-state index contributed by atoms with van der Waals surface area (Å²) in [5.74, 6) is 0.182. The maximum Gasteiger partial charge on any atom is 0.247 e. The third-order valence-electron chi connectivity index (χ3n) is 4.43. The van der Waals surface area contributed by atoms with E-state index in [-0.39, 0.29) is 0 Å². The maximum absolute atomic E-state index is 12.8. The fraction of sp³-hybridized carbons (Fsp3) is 0.190. The minimum atomic E-state index is -3.68. The fourth-order valence-electron chi connectivity index (χ4n) is 3.05. The third-order valence-corrected chi connectivity index (χ3v) is 5.67. The van der Waals surface area contributed by atoms with Crippen molar-refractivity contribution in [1.29, 1.82) is 0 Å². The monoisotopic (exact) mass is 398 g/mol. The number of benzene rings is 3. The van der Waals surface area contributed by atoms with E-state index < -0.39 is 22.0 Å². The number of hydrogen-bond donors (Lipinski definition) is 1. The first-order valence-electron chi connectivity index (χ1n) is 8.73. The van der Waals surface area contributed by atoms with Crippen LogP contribution < -0.4 is 14.4 Å². The van der Waals surface area contributed by atoms with Crippen LogP contribution in [0.2, 0.25) is 0 Å². The molecule has 1 amide bonds. The average Bonchev–Trinajstić information content (AvgIpc) is 2.67. The summed E-state index contributed by atoms with van der Waals surface area (Å²) in [4.78, 5) is 12.8. The number of carbonyl (C=O) groups is 1. The normalized spacial score (nSPS) is 12.4. The van der Waals surface area contributed by atoms with Crippen LogP contribution in [0.5, 0.6) is 5.75 Å². The molecule has 3 rings (SSSR count). The molecule has 3 aromatic rings. The quantitative estimate of drug-likeness (QED) is 0.688. The van der Waals surface area contributed by atoms with Crippen LogP contribution in [0.25, 0.3) is 10.8 Å². The van der Waals surface area contributed by atoms with Gasteiger partial charge in [0.2, 0.25) is 15.9 Å². The topological polar surface area (TPSA) is 75.7 Å². The van der Waals surface area contributed by atoms with Crippen molar-refractivity contribution in [2.75, 3.05) is 23.0 Å². The van der Waals surface area contributed by atoms with Crippen molar-refractivity contribution in [2.45, 2.75) is 13.0 Å². The summed E-state index contributed by atoms with van der Waals surface area (Å²) in [6, 6.07) is 19.0. The number of nitrogens with zero attached hydrogens (tertiary/aromatic N) is 1. The number of carbonyl (C=O) groups excluding carboxylic acids is 1. The SMILES string of the molecule is COc1ccc(N([C@@H](C)C(=O)Nc2ccc3ccccc3c2)S(C)(=O)=O)cc1. The summed E-state index contributed by atoms with van der Waals surface area (Å²) in [6.07, 6.45) is 1.08. The number of amides is 1. The van der Waals surface area contributed by atoms with E-state index in [1.165, 1.54) is 7.11 Å². The van der Waals surface area contributed by atoms with E-state index in [9.17, 15) is 13.2 Å². The highest BCUT2D eigenvalue weighted by Crippen LogP contribution is 2.25. The molecule has 146 valence electrons. The Morgan fingerprint density at radius 2 is 1.64 bits per heavy atom. The molecule has 0 aliphatic heterocycles. The maximum atomic E-state index is 12.8. The molecule has 7 heteroatoms. The van der Waals surface area contributed by atoms with Crippen molar-refractivity contribution in [3.63, 3.8) is 0 Å². The molecule has 3 aromatic carbocycles. The second-order valence-electron chi connectivity index (χ2n) is 6.48. The van der Waals surface area contributed by atoms with E-state index in [0.29, 0.717) is 17.1 Å². The van der Waals surface area contributed by atoms with Crippen molar-refractivity contribution in [3.05, 3.63) is 66.7 Å². The van der Waals surface area contributed by atoms with E-state index in [2.05, 4.69) is 5.32 Å². The molecular weight excluding hydrogens is 376 g/mol. The van der Waals surface area contributed by atoms with Crippen molar-refractivity contribution < 1.29 is 17.9 Å². The molecule has 0 bridgehead atoms. The minimum Gasteiger partial charge on any atom is -0.497 e. The van der Waals surface area contributed by atoms with Crippen molar-refractivity contribution in [2.24, 2.45) is 0 Å². The molecule has 0 fully saturated rings. The lowest BCUT2D eigenvalue weighted by molar-refractivity contribution is -0.116. The number of anilines is 2. The Morgan fingerprint density at radius 1 is 1.00 bits per heavy atom. The molecule has 0 radical (unpaired) electrons. The van der Waals surface area contributed by atoms with Crippen LogP contribution in [0, 0.1) is 0 Å². The molecule has 28 heavy (non-hydrogen) atoms. The summed E-state index contributed by atoms with van der Waals surface area (Å²) in [7, 11) is -2.15. The van der Waals surface area contributed by atoms with E-state index in [4.69, 9.17) is 4.74 Å². The first-order chi connectivity index (χ1) is 13.3. The number of nitrogens with one attached hydrogen (secondary N) is 1. The second kappa shape index (κ2) is 7.90. The Morgan fingerprint density at radius 3 is 2.25 bits per heavy atom. The molecule has 0 aromatic heterocycles. The number of sulfonamides is 1. The van der Waals surface area contributed by atoms with Gasteiger partial charge in [0.15, 0.2) is 0 Å². The summed E-state index contributed by atoms with van der Waals surface area (Å²) in [6.45, 7) is 1.56. The third kappa shape index (κ3) is 4.26. The van der Waals surface area contributed by atoms with Crippen LogP contribution in [0.4, 0.5) is 11.4 Å². The standard InChI is InChI=1S/C21H22N2O4S/c1-15(23(28(3,25)26)19-10-12-20(27-2)13-11-19)21(24)22-18-9-8-16-6-4-5-7-17(16)14-18/h4-15H,1-3H3,(H,22,24)/t15-/m0/s1. The van der Waals surface area contributed by atoms with Crippen LogP contribution in [0.1, 0.15) is 6.92 Å². The summed E-state index contributed by atoms with van der Waals surface area (Å²) < 4.78 is 31.0. The molecule has 6 nitrogen and oxygen atoms in total. The smallest absolute Gasteiger partial charge is 0.247 e. The Balaban J connectivity index is 1.86. The highest BCUT2D eigenvalue weighted by molar-refractivity contribution is 7.92. The average molecular weight is 398 g/mol. The Hall–Kier alpha value is -3.06. The molecule has 0 aliphatic rings. The largest absolute Gasteiger partial charge is 0.497 e. The van der Waals surface area contributed by atoms with Gasteiger partial charge in [0.25, 0.3) is 0 Å². The summed E-state index contributed by atoms with van der Waals surface area (Å²) in [5, 5.41) is 4.86. The van der Waals surface area contributed by atoms with E-state index in [1.807, 2.05) is 36.4 Å². The van der Waals surface area contributed by atoms with Crippen LogP contribution in [0.3, 0.4) is 0 Å². The molecule has 0 aliphatic carbocycles. The molecule has 0 unspecified atom stereocenters. The molecule has 0 spiro atoms. The van der Waals surface area contributed by atoms with Gasteiger partial charge in [-0.2, -0.15) is 0 Å². The van der Waals surface area contributed by atoms with Gasteiger partial charge in [-0.05, 0) is 54.1 Å². The fourth-order valence-corrected chi connectivity index (χ4v) is 4.23. The first kappa shape index (κ1) is 19.7. The van der Waals surface area contributed by atoms with Crippen molar-refractivity contribution >= 4 is 38.1 Å². The first-order valence-corrected chi connectivity index (χ1v) is 10.6. The van der Waals surface area contributed by atoms with Crippen LogP contribution in [-0.4, -0.2) is 33.7 Å². The van der Waals surface area contributed by atoms with E-state index in [0.717, 1.165) is 21.3 Å². The molecular formula is C21H22N2O4S. The molecule has 0 heterocycles.